The number of amides is 1. The Morgan fingerprint density at radius 1 is 1.00 bits per heavy atom. The molecule has 0 aliphatic carbocycles. The van der Waals surface area contributed by atoms with Crippen LogP contribution in [0.25, 0.3) is 0 Å². The molecular formula is C24H25ClN2O2. The lowest BCUT2D eigenvalue weighted by Gasteiger charge is -2.38. The third kappa shape index (κ3) is 4.89. The van der Waals surface area contributed by atoms with E-state index in [1.54, 1.807) is 18.4 Å². The number of carbonyl (C=O) groups excluding carboxylic acids is 1. The van der Waals surface area contributed by atoms with E-state index in [1.165, 1.54) is 5.56 Å². The zero-order valence-electron chi connectivity index (χ0n) is 16.3. The Bertz CT molecular complexity index is 919. The Labute approximate surface area is 176 Å². The number of piperidine rings is 1. The van der Waals surface area contributed by atoms with E-state index in [0.29, 0.717) is 17.3 Å². The van der Waals surface area contributed by atoms with Crippen LogP contribution < -0.4 is 0 Å². The Morgan fingerprint density at radius 2 is 1.72 bits per heavy atom. The van der Waals surface area contributed by atoms with Gasteiger partial charge in [0.05, 0.1) is 6.26 Å². The van der Waals surface area contributed by atoms with E-state index in [-0.39, 0.29) is 11.9 Å². The molecule has 0 unspecified atom stereocenters. The number of nitrogens with zero attached hydrogens (tertiary/aromatic N) is 2. The summed E-state index contributed by atoms with van der Waals surface area (Å²) in [6.45, 7) is 3.36. The van der Waals surface area contributed by atoms with Gasteiger partial charge < -0.3 is 9.32 Å². The molecule has 3 aromatic rings. The Balaban J connectivity index is 1.46. The van der Waals surface area contributed by atoms with Crippen LogP contribution in [0.2, 0.25) is 5.02 Å². The van der Waals surface area contributed by atoms with Gasteiger partial charge in [-0.05, 0) is 42.2 Å². The summed E-state index contributed by atoms with van der Waals surface area (Å²) in [6, 6.07) is 21.9. The fraction of sp³-hybridized carbons (Fsp3) is 0.292. The first-order valence-corrected chi connectivity index (χ1v) is 10.4. The Morgan fingerprint density at radius 3 is 2.41 bits per heavy atom. The van der Waals surface area contributed by atoms with Crippen LogP contribution in [0.5, 0.6) is 0 Å². The monoisotopic (exact) mass is 408 g/mol. The lowest BCUT2D eigenvalue weighted by Crippen LogP contribution is -2.46. The summed E-state index contributed by atoms with van der Waals surface area (Å²) >= 11 is 6.38. The molecule has 0 saturated carbocycles. The van der Waals surface area contributed by atoms with Crippen LogP contribution in [0.1, 0.15) is 34.5 Å². The van der Waals surface area contributed by atoms with E-state index >= 15 is 0 Å². The highest BCUT2D eigenvalue weighted by Crippen LogP contribution is 2.25. The number of halogens is 1. The van der Waals surface area contributed by atoms with Gasteiger partial charge in [-0.3, -0.25) is 9.69 Å². The molecule has 1 aromatic heterocycles. The maximum Gasteiger partial charge on any atom is 0.290 e. The van der Waals surface area contributed by atoms with Gasteiger partial charge in [-0.25, -0.2) is 0 Å². The van der Waals surface area contributed by atoms with Gasteiger partial charge in [0.15, 0.2) is 5.76 Å². The van der Waals surface area contributed by atoms with Crippen molar-refractivity contribution < 1.29 is 9.21 Å². The maximum atomic E-state index is 13.2. The standard InChI is InChI=1S/C24H25ClN2O2/c25-22-10-5-4-9-20(22)18-27(24(28)23-11-6-16-29-23)21-12-14-26(15-13-21)17-19-7-2-1-3-8-19/h1-11,16,21H,12-15,17-18H2. The molecule has 150 valence electrons. The van der Waals surface area contributed by atoms with Crippen molar-refractivity contribution in [3.8, 4) is 0 Å². The van der Waals surface area contributed by atoms with E-state index in [2.05, 4.69) is 29.2 Å². The van der Waals surface area contributed by atoms with Crippen molar-refractivity contribution in [3.05, 3.63) is 94.9 Å². The predicted octanol–water partition coefficient (Wildman–Crippen LogP) is 5.24. The molecule has 2 aromatic carbocycles. The second-order valence-corrected chi connectivity index (χ2v) is 7.90. The smallest absolute Gasteiger partial charge is 0.290 e. The quantitative estimate of drug-likeness (QED) is 0.559. The number of rotatable bonds is 6. The van der Waals surface area contributed by atoms with Crippen molar-refractivity contribution in [2.45, 2.75) is 32.0 Å². The third-order valence-electron chi connectivity index (χ3n) is 5.54. The van der Waals surface area contributed by atoms with Gasteiger partial charge in [-0.1, -0.05) is 60.1 Å². The summed E-state index contributed by atoms with van der Waals surface area (Å²) in [5.41, 5.74) is 2.28. The molecule has 5 heteroatoms. The number of carbonyl (C=O) groups is 1. The molecule has 1 fully saturated rings. The van der Waals surface area contributed by atoms with Crippen molar-refractivity contribution >= 4 is 17.5 Å². The van der Waals surface area contributed by atoms with E-state index in [1.807, 2.05) is 35.2 Å². The minimum atomic E-state index is -0.0728. The van der Waals surface area contributed by atoms with Crippen LogP contribution in [0.15, 0.2) is 77.4 Å². The SMILES string of the molecule is O=C(c1ccco1)N(Cc1ccccc1Cl)C1CCN(Cc2ccccc2)CC1. The van der Waals surface area contributed by atoms with Crippen LogP contribution in [0.3, 0.4) is 0 Å². The average Bonchev–Trinajstić information content (AvgIpc) is 3.29. The molecular weight excluding hydrogens is 384 g/mol. The molecule has 1 aliphatic rings. The number of furan rings is 1. The summed E-state index contributed by atoms with van der Waals surface area (Å²) in [6.07, 6.45) is 3.41. The van der Waals surface area contributed by atoms with Crippen LogP contribution in [-0.2, 0) is 13.1 Å². The summed E-state index contributed by atoms with van der Waals surface area (Å²) in [7, 11) is 0. The first-order chi connectivity index (χ1) is 14.2. The highest BCUT2D eigenvalue weighted by Gasteiger charge is 2.30. The highest BCUT2D eigenvalue weighted by molar-refractivity contribution is 6.31. The summed E-state index contributed by atoms with van der Waals surface area (Å²) in [5, 5.41) is 0.686. The predicted molar refractivity (Wildman–Crippen MR) is 115 cm³/mol. The van der Waals surface area contributed by atoms with Crippen LogP contribution >= 0.6 is 11.6 Å². The minimum absolute atomic E-state index is 0.0728. The average molecular weight is 409 g/mol. The van der Waals surface area contributed by atoms with Gasteiger partial charge in [-0.2, -0.15) is 0 Å². The molecule has 4 nitrogen and oxygen atoms in total. The Kier molecular flexibility index (Phi) is 6.33. The van der Waals surface area contributed by atoms with Crippen LogP contribution in [0.4, 0.5) is 0 Å². The van der Waals surface area contributed by atoms with Gasteiger partial charge in [0.2, 0.25) is 0 Å². The fourth-order valence-corrected chi connectivity index (χ4v) is 4.14. The lowest BCUT2D eigenvalue weighted by molar-refractivity contribution is 0.0512. The first-order valence-electron chi connectivity index (χ1n) is 10.0. The molecule has 1 amide bonds. The van der Waals surface area contributed by atoms with Gasteiger partial charge in [0, 0.05) is 37.2 Å². The molecule has 0 spiro atoms. The van der Waals surface area contributed by atoms with Crippen molar-refractivity contribution in [1.82, 2.24) is 9.80 Å². The van der Waals surface area contributed by atoms with E-state index in [4.69, 9.17) is 16.0 Å². The molecule has 29 heavy (non-hydrogen) atoms. The molecule has 1 saturated heterocycles. The van der Waals surface area contributed by atoms with E-state index < -0.39 is 0 Å². The number of benzene rings is 2. The molecule has 0 bridgehead atoms. The van der Waals surface area contributed by atoms with Gasteiger partial charge in [0.1, 0.15) is 0 Å². The summed E-state index contributed by atoms with van der Waals surface area (Å²) < 4.78 is 5.40. The minimum Gasteiger partial charge on any atom is -0.459 e. The molecule has 0 atom stereocenters. The van der Waals surface area contributed by atoms with Gasteiger partial charge in [-0.15, -0.1) is 0 Å². The number of likely N-dealkylation sites (tertiary alicyclic amines) is 1. The van der Waals surface area contributed by atoms with Crippen molar-refractivity contribution in [3.63, 3.8) is 0 Å². The largest absolute Gasteiger partial charge is 0.459 e. The molecule has 1 aliphatic heterocycles. The highest BCUT2D eigenvalue weighted by atomic mass is 35.5. The van der Waals surface area contributed by atoms with E-state index in [0.717, 1.165) is 38.0 Å². The molecule has 4 rings (SSSR count). The maximum absolute atomic E-state index is 13.2. The lowest BCUT2D eigenvalue weighted by atomic mass is 10.0. The van der Waals surface area contributed by atoms with Crippen molar-refractivity contribution in [2.75, 3.05) is 13.1 Å². The number of hydrogen-bond acceptors (Lipinski definition) is 3. The third-order valence-corrected chi connectivity index (χ3v) is 5.91. The zero-order chi connectivity index (χ0) is 20.1. The fourth-order valence-electron chi connectivity index (χ4n) is 3.95. The first kappa shape index (κ1) is 19.7. The zero-order valence-corrected chi connectivity index (χ0v) is 17.1. The van der Waals surface area contributed by atoms with Crippen molar-refractivity contribution in [1.29, 1.82) is 0 Å². The second-order valence-electron chi connectivity index (χ2n) is 7.49. The van der Waals surface area contributed by atoms with Gasteiger partial charge in [0.25, 0.3) is 5.91 Å². The number of hydrogen-bond donors (Lipinski definition) is 0. The normalized spacial score (nSPS) is 15.3. The molecule has 2 heterocycles. The van der Waals surface area contributed by atoms with Crippen LogP contribution in [0, 0.1) is 0 Å². The van der Waals surface area contributed by atoms with Crippen molar-refractivity contribution in [2.24, 2.45) is 0 Å². The van der Waals surface area contributed by atoms with Crippen LogP contribution in [-0.4, -0.2) is 34.8 Å². The second kappa shape index (κ2) is 9.29. The molecule has 0 N–H and O–H groups in total. The van der Waals surface area contributed by atoms with E-state index in [9.17, 15) is 4.79 Å². The topological polar surface area (TPSA) is 36.7 Å². The summed E-state index contributed by atoms with van der Waals surface area (Å²) in [4.78, 5) is 17.6. The Hall–Kier alpha value is -2.56. The summed E-state index contributed by atoms with van der Waals surface area (Å²) in [5.74, 6) is 0.306. The van der Waals surface area contributed by atoms with Gasteiger partial charge >= 0.3 is 0 Å². The molecule has 0 radical (unpaired) electrons.